The van der Waals surface area contributed by atoms with E-state index < -0.39 is 0 Å². The van der Waals surface area contributed by atoms with Gasteiger partial charge in [0.1, 0.15) is 5.82 Å². The molecule has 1 aliphatic carbocycles. The van der Waals surface area contributed by atoms with Gasteiger partial charge in [-0.25, -0.2) is 4.98 Å². The van der Waals surface area contributed by atoms with Crippen molar-refractivity contribution in [3.63, 3.8) is 0 Å². The molecule has 2 aromatic rings. The van der Waals surface area contributed by atoms with Crippen LogP contribution in [-0.2, 0) is 4.79 Å². The number of pyridine rings is 1. The number of carbonyl (C=O) groups is 1. The van der Waals surface area contributed by atoms with E-state index in [1.54, 1.807) is 6.20 Å². The lowest BCUT2D eigenvalue weighted by atomic mass is 9.85. The average molecular weight is 346 g/mol. The van der Waals surface area contributed by atoms with Gasteiger partial charge in [-0.3, -0.25) is 4.79 Å². The van der Waals surface area contributed by atoms with Crippen molar-refractivity contribution in [2.45, 2.75) is 19.3 Å². The minimum Gasteiger partial charge on any atom is -0.354 e. The van der Waals surface area contributed by atoms with E-state index in [-0.39, 0.29) is 11.8 Å². The fourth-order valence-electron chi connectivity index (χ4n) is 2.17. The summed E-state index contributed by atoms with van der Waals surface area (Å²) in [7, 11) is 0. The first kappa shape index (κ1) is 14.1. The SMILES string of the molecule is O=C(Nc1ccc(Nc2cccc(Br)c2)cn1)C1CCC1. The van der Waals surface area contributed by atoms with Gasteiger partial charge in [-0.15, -0.1) is 0 Å². The van der Waals surface area contributed by atoms with Crippen LogP contribution in [0.1, 0.15) is 19.3 Å². The topological polar surface area (TPSA) is 54.0 Å². The number of aromatic nitrogens is 1. The molecule has 0 bridgehead atoms. The molecule has 1 fully saturated rings. The number of amides is 1. The zero-order valence-corrected chi connectivity index (χ0v) is 13.1. The summed E-state index contributed by atoms with van der Waals surface area (Å²) in [5.41, 5.74) is 1.87. The standard InChI is InChI=1S/C16H16BrN3O/c17-12-5-2-6-13(9-12)19-14-7-8-15(18-10-14)20-16(21)11-3-1-4-11/h2,5-11,19H,1,3-4H2,(H,18,20,21). The van der Waals surface area contributed by atoms with Gasteiger partial charge < -0.3 is 10.6 Å². The lowest BCUT2D eigenvalue weighted by molar-refractivity contribution is -0.122. The molecule has 0 aliphatic heterocycles. The summed E-state index contributed by atoms with van der Waals surface area (Å²) in [6.07, 6.45) is 4.86. The summed E-state index contributed by atoms with van der Waals surface area (Å²) in [5, 5.41) is 6.12. The molecule has 0 radical (unpaired) electrons. The van der Waals surface area contributed by atoms with Crippen molar-refractivity contribution in [3.8, 4) is 0 Å². The summed E-state index contributed by atoms with van der Waals surface area (Å²) in [5.74, 6) is 0.861. The highest BCUT2D eigenvalue weighted by molar-refractivity contribution is 9.10. The Bertz CT molecular complexity index is 638. The van der Waals surface area contributed by atoms with Crippen molar-refractivity contribution < 1.29 is 4.79 Å². The first-order valence-electron chi connectivity index (χ1n) is 7.00. The van der Waals surface area contributed by atoms with E-state index >= 15 is 0 Å². The second kappa shape index (κ2) is 6.26. The van der Waals surface area contributed by atoms with Crippen molar-refractivity contribution >= 4 is 39.0 Å². The third-order valence-corrected chi connectivity index (χ3v) is 4.10. The second-order valence-corrected chi connectivity index (χ2v) is 6.10. The molecule has 3 rings (SSSR count). The van der Waals surface area contributed by atoms with Crippen LogP contribution in [-0.4, -0.2) is 10.9 Å². The third-order valence-electron chi connectivity index (χ3n) is 3.60. The molecule has 0 unspecified atom stereocenters. The van der Waals surface area contributed by atoms with Crippen molar-refractivity contribution in [1.82, 2.24) is 4.98 Å². The number of benzene rings is 1. The number of nitrogens with zero attached hydrogens (tertiary/aromatic N) is 1. The van der Waals surface area contributed by atoms with Gasteiger partial charge in [0.15, 0.2) is 0 Å². The van der Waals surface area contributed by atoms with Gasteiger partial charge in [-0.05, 0) is 43.2 Å². The predicted octanol–water partition coefficient (Wildman–Crippen LogP) is 4.33. The number of anilines is 3. The number of carbonyl (C=O) groups excluding carboxylic acids is 1. The van der Waals surface area contributed by atoms with Gasteiger partial charge >= 0.3 is 0 Å². The summed E-state index contributed by atoms with van der Waals surface area (Å²) >= 11 is 3.44. The van der Waals surface area contributed by atoms with Crippen LogP contribution in [0.25, 0.3) is 0 Å². The molecule has 2 N–H and O–H groups in total. The number of hydrogen-bond donors (Lipinski definition) is 2. The first-order valence-corrected chi connectivity index (χ1v) is 7.79. The predicted molar refractivity (Wildman–Crippen MR) is 87.6 cm³/mol. The van der Waals surface area contributed by atoms with Gasteiger partial charge in [0.05, 0.1) is 11.9 Å². The average Bonchev–Trinajstić information content (AvgIpc) is 2.39. The molecule has 0 spiro atoms. The molecule has 1 amide bonds. The maximum Gasteiger partial charge on any atom is 0.228 e. The lowest BCUT2D eigenvalue weighted by Gasteiger charge is -2.23. The van der Waals surface area contributed by atoms with Crippen molar-refractivity contribution in [1.29, 1.82) is 0 Å². The zero-order valence-electron chi connectivity index (χ0n) is 11.5. The maximum atomic E-state index is 11.8. The van der Waals surface area contributed by atoms with Gasteiger partial charge in [0.25, 0.3) is 0 Å². The van der Waals surface area contributed by atoms with Gasteiger partial charge in [-0.1, -0.05) is 28.4 Å². The molecule has 4 nitrogen and oxygen atoms in total. The Labute approximate surface area is 132 Å². The summed E-state index contributed by atoms with van der Waals surface area (Å²) in [6, 6.07) is 11.6. The highest BCUT2D eigenvalue weighted by Crippen LogP contribution is 2.27. The molecular weight excluding hydrogens is 330 g/mol. The van der Waals surface area contributed by atoms with Crippen LogP contribution in [0.5, 0.6) is 0 Å². The number of hydrogen-bond acceptors (Lipinski definition) is 3. The summed E-state index contributed by atoms with van der Waals surface area (Å²) in [4.78, 5) is 16.1. The minimum absolute atomic E-state index is 0.0847. The highest BCUT2D eigenvalue weighted by atomic mass is 79.9. The largest absolute Gasteiger partial charge is 0.354 e. The van der Waals surface area contributed by atoms with Crippen LogP contribution in [0, 0.1) is 5.92 Å². The van der Waals surface area contributed by atoms with E-state index in [0.717, 1.165) is 35.1 Å². The van der Waals surface area contributed by atoms with Crippen LogP contribution in [0.3, 0.4) is 0 Å². The van der Waals surface area contributed by atoms with E-state index in [0.29, 0.717) is 5.82 Å². The molecule has 1 saturated carbocycles. The zero-order chi connectivity index (χ0) is 14.7. The molecule has 0 atom stereocenters. The Morgan fingerprint density at radius 1 is 1.19 bits per heavy atom. The monoisotopic (exact) mass is 345 g/mol. The van der Waals surface area contributed by atoms with Crippen LogP contribution in [0.2, 0.25) is 0 Å². The summed E-state index contributed by atoms with van der Waals surface area (Å²) in [6.45, 7) is 0. The minimum atomic E-state index is 0.0847. The highest BCUT2D eigenvalue weighted by Gasteiger charge is 2.25. The molecule has 21 heavy (non-hydrogen) atoms. The second-order valence-electron chi connectivity index (χ2n) is 5.18. The number of nitrogens with one attached hydrogen (secondary N) is 2. The molecular formula is C16H16BrN3O. The fourth-order valence-corrected chi connectivity index (χ4v) is 2.57. The maximum absolute atomic E-state index is 11.8. The van der Waals surface area contributed by atoms with E-state index in [2.05, 4.69) is 31.5 Å². The van der Waals surface area contributed by atoms with Gasteiger partial charge in [0.2, 0.25) is 5.91 Å². The van der Waals surface area contributed by atoms with Crippen molar-refractivity contribution in [3.05, 3.63) is 47.1 Å². The lowest BCUT2D eigenvalue weighted by Crippen LogP contribution is -2.28. The van der Waals surface area contributed by atoms with Crippen LogP contribution in [0.4, 0.5) is 17.2 Å². The first-order chi connectivity index (χ1) is 10.2. The smallest absolute Gasteiger partial charge is 0.228 e. The van der Waals surface area contributed by atoms with Gasteiger partial charge in [-0.2, -0.15) is 0 Å². The fraction of sp³-hybridized carbons (Fsp3) is 0.250. The van der Waals surface area contributed by atoms with E-state index in [1.165, 1.54) is 0 Å². The number of rotatable bonds is 4. The molecule has 1 aliphatic rings. The summed E-state index contributed by atoms with van der Waals surface area (Å²) < 4.78 is 1.02. The quantitative estimate of drug-likeness (QED) is 0.867. The van der Waals surface area contributed by atoms with Crippen LogP contribution >= 0.6 is 15.9 Å². The third kappa shape index (κ3) is 3.61. The Kier molecular flexibility index (Phi) is 4.20. The van der Waals surface area contributed by atoms with Crippen LogP contribution < -0.4 is 10.6 Å². The van der Waals surface area contributed by atoms with E-state index in [1.807, 2.05) is 36.4 Å². The van der Waals surface area contributed by atoms with Crippen molar-refractivity contribution in [2.24, 2.45) is 5.92 Å². The Balaban J connectivity index is 1.62. The molecule has 0 saturated heterocycles. The molecule has 5 heteroatoms. The molecule has 1 aromatic carbocycles. The normalized spacial score (nSPS) is 14.3. The number of halogens is 1. The van der Waals surface area contributed by atoms with Crippen LogP contribution in [0.15, 0.2) is 47.1 Å². The van der Waals surface area contributed by atoms with E-state index in [4.69, 9.17) is 0 Å². The molecule has 1 heterocycles. The van der Waals surface area contributed by atoms with E-state index in [9.17, 15) is 4.79 Å². The Hall–Kier alpha value is -1.88. The van der Waals surface area contributed by atoms with Crippen molar-refractivity contribution in [2.75, 3.05) is 10.6 Å². The van der Waals surface area contributed by atoms with Gasteiger partial charge in [0, 0.05) is 16.1 Å². The Morgan fingerprint density at radius 2 is 2.05 bits per heavy atom. The molecule has 108 valence electrons. The molecule has 1 aromatic heterocycles. The Morgan fingerprint density at radius 3 is 2.67 bits per heavy atom.